The molecular weight excluding hydrogens is 202 g/mol. The zero-order chi connectivity index (χ0) is 11.6. The second-order valence-electron chi connectivity index (χ2n) is 3.84. The maximum Gasteiger partial charge on any atom is 0.244 e. The molecule has 0 bridgehead atoms. The number of benzene rings is 1. The molecule has 0 atom stereocenters. The maximum atomic E-state index is 11.7. The molecule has 0 aromatic heterocycles. The molecule has 4 nitrogen and oxygen atoms in total. The fourth-order valence-electron chi connectivity index (χ4n) is 1.43. The van der Waals surface area contributed by atoms with Crippen LogP contribution in [0.5, 0.6) is 0 Å². The van der Waals surface area contributed by atoms with Crippen LogP contribution >= 0.6 is 0 Å². The number of hydrogen-bond acceptors (Lipinski definition) is 3. The highest BCUT2D eigenvalue weighted by Crippen LogP contribution is 2.45. The Labute approximate surface area is 93.1 Å². The second-order valence-corrected chi connectivity index (χ2v) is 3.84. The predicted molar refractivity (Wildman–Crippen MR) is 57.1 cm³/mol. The summed E-state index contributed by atoms with van der Waals surface area (Å²) in [5.41, 5.74) is 0.216. The highest BCUT2D eigenvalue weighted by molar-refractivity contribution is 5.99. The Hall–Kier alpha value is -2.33. The van der Waals surface area contributed by atoms with Gasteiger partial charge in [0.15, 0.2) is 0 Å². The monoisotopic (exact) mass is 211 g/mol. The van der Waals surface area contributed by atoms with Gasteiger partial charge in [-0.2, -0.15) is 10.5 Å². The van der Waals surface area contributed by atoms with Crippen LogP contribution in [0.15, 0.2) is 24.3 Å². The number of anilines is 1. The Balaban J connectivity index is 2.14. The molecule has 16 heavy (non-hydrogen) atoms. The molecule has 0 heterocycles. The van der Waals surface area contributed by atoms with Crippen LogP contribution in [0.3, 0.4) is 0 Å². The second kappa shape index (κ2) is 3.67. The first-order chi connectivity index (χ1) is 7.70. The minimum absolute atomic E-state index is 0.273. The van der Waals surface area contributed by atoms with Crippen LogP contribution in [0.25, 0.3) is 0 Å². The summed E-state index contributed by atoms with van der Waals surface area (Å²) in [7, 11) is 0. The van der Waals surface area contributed by atoms with E-state index in [1.54, 1.807) is 24.3 Å². The molecule has 2 rings (SSSR count). The molecule has 4 heteroatoms. The van der Waals surface area contributed by atoms with Gasteiger partial charge in [0.25, 0.3) is 0 Å². The highest BCUT2D eigenvalue weighted by Gasteiger charge is 2.50. The van der Waals surface area contributed by atoms with Crippen molar-refractivity contribution in [1.29, 1.82) is 10.5 Å². The summed E-state index contributed by atoms with van der Waals surface area (Å²) in [6.45, 7) is 0. The standard InChI is InChI=1S/C12H9N3O/c13-7-9-2-1-3-10(6-9)15-11(16)12(8-14)4-5-12/h1-3,6H,4-5H2,(H,15,16). The van der Waals surface area contributed by atoms with E-state index in [0.717, 1.165) is 0 Å². The van der Waals surface area contributed by atoms with E-state index in [1.165, 1.54) is 0 Å². The van der Waals surface area contributed by atoms with E-state index in [0.29, 0.717) is 24.1 Å². The molecule has 1 saturated carbocycles. The van der Waals surface area contributed by atoms with Gasteiger partial charge in [-0.3, -0.25) is 4.79 Å². The number of hydrogen-bond donors (Lipinski definition) is 1. The third-order valence-corrected chi connectivity index (χ3v) is 2.65. The average molecular weight is 211 g/mol. The largest absolute Gasteiger partial charge is 0.325 e. The van der Waals surface area contributed by atoms with Crippen LogP contribution in [0.1, 0.15) is 18.4 Å². The molecule has 1 amide bonds. The summed E-state index contributed by atoms with van der Waals surface area (Å²) < 4.78 is 0. The van der Waals surface area contributed by atoms with Gasteiger partial charge in [-0.25, -0.2) is 0 Å². The van der Waals surface area contributed by atoms with Gasteiger partial charge >= 0.3 is 0 Å². The Morgan fingerprint density at radius 3 is 2.69 bits per heavy atom. The van der Waals surface area contributed by atoms with Gasteiger partial charge in [-0.15, -0.1) is 0 Å². The van der Waals surface area contributed by atoms with Gasteiger partial charge in [0.05, 0.1) is 17.7 Å². The van der Waals surface area contributed by atoms with Crippen LogP contribution in [0, 0.1) is 28.1 Å². The lowest BCUT2D eigenvalue weighted by Gasteiger charge is -2.07. The molecule has 0 aliphatic heterocycles. The quantitative estimate of drug-likeness (QED) is 0.810. The molecule has 0 spiro atoms. The number of carbonyl (C=O) groups is 1. The number of nitrogens with one attached hydrogen (secondary N) is 1. The third kappa shape index (κ3) is 1.74. The van der Waals surface area contributed by atoms with E-state index in [2.05, 4.69) is 5.32 Å². The lowest BCUT2D eigenvalue weighted by molar-refractivity contribution is -0.119. The zero-order valence-corrected chi connectivity index (χ0v) is 8.53. The number of carbonyl (C=O) groups excluding carboxylic acids is 1. The van der Waals surface area contributed by atoms with Gasteiger partial charge in [0, 0.05) is 5.69 Å². The first-order valence-electron chi connectivity index (χ1n) is 4.93. The molecule has 1 N–H and O–H groups in total. The van der Waals surface area contributed by atoms with Crippen molar-refractivity contribution >= 4 is 11.6 Å². The minimum atomic E-state index is -0.831. The molecular formula is C12H9N3O. The van der Waals surface area contributed by atoms with E-state index in [4.69, 9.17) is 10.5 Å². The molecule has 1 aromatic rings. The van der Waals surface area contributed by atoms with Gasteiger partial charge in [0.1, 0.15) is 5.41 Å². The molecule has 1 aromatic carbocycles. The van der Waals surface area contributed by atoms with Gasteiger partial charge in [0.2, 0.25) is 5.91 Å². The molecule has 0 saturated heterocycles. The number of nitrogens with zero attached hydrogens (tertiary/aromatic N) is 2. The predicted octanol–water partition coefficient (Wildman–Crippen LogP) is 1.80. The summed E-state index contributed by atoms with van der Waals surface area (Å²) in [5, 5.41) is 20.2. The highest BCUT2D eigenvalue weighted by atomic mass is 16.2. The minimum Gasteiger partial charge on any atom is -0.325 e. The SMILES string of the molecule is N#Cc1cccc(NC(=O)C2(C#N)CC2)c1. The summed E-state index contributed by atoms with van der Waals surface area (Å²) in [5.74, 6) is -0.273. The maximum absolute atomic E-state index is 11.7. The van der Waals surface area contributed by atoms with Crippen molar-refractivity contribution in [2.75, 3.05) is 5.32 Å². The van der Waals surface area contributed by atoms with Crippen molar-refractivity contribution in [3.63, 3.8) is 0 Å². The lowest BCUT2D eigenvalue weighted by Crippen LogP contribution is -2.22. The normalized spacial score (nSPS) is 15.6. The Bertz CT molecular complexity index is 518. The number of nitriles is 2. The number of amides is 1. The number of rotatable bonds is 2. The zero-order valence-electron chi connectivity index (χ0n) is 8.53. The first-order valence-corrected chi connectivity index (χ1v) is 4.93. The van der Waals surface area contributed by atoms with E-state index < -0.39 is 5.41 Å². The molecule has 1 aliphatic rings. The third-order valence-electron chi connectivity index (χ3n) is 2.65. The first kappa shape index (κ1) is 10.2. The van der Waals surface area contributed by atoms with Gasteiger partial charge < -0.3 is 5.32 Å². The summed E-state index contributed by atoms with van der Waals surface area (Å²) in [6.07, 6.45) is 1.24. The fourth-order valence-corrected chi connectivity index (χ4v) is 1.43. The molecule has 1 fully saturated rings. The van der Waals surface area contributed by atoms with Gasteiger partial charge in [-0.1, -0.05) is 6.07 Å². The van der Waals surface area contributed by atoms with Gasteiger partial charge in [-0.05, 0) is 31.0 Å². The van der Waals surface area contributed by atoms with Crippen molar-refractivity contribution in [2.45, 2.75) is 12.8 Å². The van der Waals surface area contributed by atoms with Crippen molar-refractivity contribution in [3.8, 4) is 12.1 Å². The van der Waals surface area contributed by atoms with Crippen LogP contribution in [-0.4, -0.2) is 5.91 Å². The summed E-state index contributed by atoms with van der Waals surface area (Å²) in [6, 6.07) is 10.7. The fraction of sp³-hybridized carbons (Fsp3) is 0.250. The van der Waals surface area contributed by atoms with Crippen LogP contribution in [-0.2, 0) is 4.79 Å². The Morgan fingerprint density at radius 2 is 2.12 bits per heavy atom. The molecule has 78 valence electrons. The van der Waals surface area contributed by atoms with Crippen LogP contribution in [0.2, 0.25) is 0 Å². The molecule has 0 unspecified atom stereocenters. The Morgan fingerprint density at radius 1 is 1.38 bits per heavy atom. The van der Waals surface area contributed by atoms with E-state index in [9.17, 15) is 4.79 Å². The van der Waals surface area contributed by atoms with Crippen molar-refractivity contribution < 1.29 is 4.79 Å². The van der Waals surface area contributed by atoms with Crippen LogP contribution in [0.4, 0.5) is 5.69 Å². The average Bonchev–Trinajstić information content (AvgIpc) is 3.10. The van der Waals surface area contributed by atoms with E-state index in [1.807, 2.05) is 12.1 Å². The smallest absolute Gasteiger partial charge is 0.244 e. The molecule has 0 radical (unpaired) electrons. The van der Waals surface area contributed by atoms with E-state index in [-0.39, 0.29) is 5.91 Å². The van der Waals surface area contributed by atoms with Crippen molar-refractivity contribution in [2.24, 2.45) is 5.41 Å². The lowest BCUT2D eigenvalue weighted by atomic mass is 10.1. The topological polar surface area (TPSA) is 76.7 Å². The van der Waals surface area contributed by atoms with Crippen molar-refractivity contribution in [1.82, 2.24) is 0 Å². The summed E-state index contributed by atoms with van der Waals surface area (Å²) in [4.78, 5) is 11.7. The Kier molecular flexibility index (Phi) is 2.34. The van der Waals surface area contributed by atoms with E-state index >= 15 is 0 Å². The summed E-state index contributed by atoms with van der Waals surface area (Å²) >= 11 is 0. The molecule has 1 aliphatic carbocycles. The van der Waals surface area contributed by atoms with Crippen molar-refractivity contribution in [3.05, 3.63) is 29.8 Å². The van der Waals surface area contributed by atoms with Crippen LogP contribution < -0.4 is 5.32 Å².